The third-order valence-electron chi connectivity index (χ3n) is 5.35. The molecule has 0 spiro atoms. The van der Waals surface area contributed by atoms with Crippen molar-refractivity contribution in [2.24, 2.45) is 5.92 Å². The molecule has 1 fully saturated rings. The molecule has 1 atom stereocenters. The Hall–Kier alpha value is -2.71. The van der Waals surface area contributed by atoms with Crippen LogP contribution in [0.3, 0.4) is 0 Å². The molecule has 1 saturated heterocycles. The smallest absolute Gasteiger partial charge is 0.243 e. The molecule has 2 aromatic carbocycles. The Labute approximate surface area is 183 Å². The first-order valence-electron chi connectivity index (χ1n) is 10.6. The Morgan fingerprint density at radius 1 is 1.03 bits per heavy atom. The summed E-state index contributed by atoms with van der Waals surface area (Å²) in [4.78, 5) is 25.1. The van der Waals surface area contributed by atoms with Crippen molar-refractivity contribution in [1.29, 1.82) is 0 Å². The average Bonchev–Trinajstić information content (AvgIpc) is 2.75. The minimum Gasteiger partial charge on any atom is -0.324 e. The van der Waals surface area contributed by atoms with Crippen LogP contribution in [0.5, 0.6) is 0 Å². The Morgan fingerprint density at radius 2 is 1.68 bits per heavy atom. The van der Waals surface area contributed by atoms with Gasteiger partial charge in [-0.15, -0.1) is 0 Å². The molecule has 0 unspecified atom stereocenters. The lowest BCUT2D eigenvalue weighted by Gasteiger charge is -2.31. The minimum atomic E-state index is -3.65. The van der Waals surface area contributed by atoms with Gasteiger partial charge in [0.15, 0.2) is 0 Å². The number of carbonyl (C=O) groups excluding carboxylic acids is 2. The maximum absolute atomic E-state index is 13.0. The summed E-state index contributed by atoms with van der Waals surface area (Å²) in [5.41, 5.74) is 2.03. The lowest BCUT2D eigenvalue weighted by molar-refractivity contribution is -0.121. The summed E-state index contributed by atoms with van der Waals surface area (Å²) in [5.74, 6) is -0.827. The zero-order valence-electron chi connectivity index (χ0n) is 17.9. The molecule has 1 aliphatic rings. The summed E-state index contributed by atoms with van der Waals surface area (Å²) in [7, 11) is -3.65. The normalized spacial score (nSPS) is 17.2. The van der Waals surface area contributed by atoms with Gasteiger partial charge in [0.25, 0.3) is 0 Å². The molecule has 0 radical (unpaired) electrons. The average molecular weight is 444 g/mol. The van der Waals surface area contributed by atoms with Crippen molar-refractivity contribution in [2.75, 3.05) is 23.7 Å². The van der Waals surface area contributed by atoms with Crippen LogP contribution in [0.4, 0.5) is 11.4 Å². The summed E-state index contributed by atoms with van der Waals surface area (Å²) < 4.78 is 27.4. The molecule has 0 saturated carbocycles. The largest absolute Gasteiger partial charge is 0.324 e. The van der Waals surface area contributed by atoms with Gasteiger partial charge in [0.05, 0.1) is 22.2 Å². The molecule has 8 heteroatoms. The molecule has 2 N–H and O–H groups in total. The third-order valence-corrected chi connectivity index (χ3v) is 7.23. The molecular weight excluding hydrogens is 414 g/mol. The number of hydrogen-bond donors (Lipinski definition) is 2. The first kappa shape index (κ1) is 23.0. The van der Waals surface area contributed by atoms with Crippen LogP contribution < -0.4 is 10.6 Å². The number of nitrogens with zero attached hydrogens (tertiary/aromatic N) is 1. The van der Waals surface area contributed by atoms with Crippen molar-refractivity contribution in [3.05, 3.63) is 54.1 Å². The van der Waals surface area contributed by atoms with Crippen molar-refractivity contribution < 1.29 is 18.0 Å². The van der Waals surface area contributed by atoms with E-state index in [9.17, 15) is 18.0 Å². The summed E-state index contributed by atoms with van der Waals surface area (Å²) in [6, 6.07) is 13.8. The standard InChI is InChI=1S/C23H29N3O4S/c1-3-7-22(27)24-20-9-4-5-10-21(20)25-23(28)18-8-6-15-26(16-18)31(29,30)19-13-11-17(2)12-14-19/h4-5,9-14,18H,3,6-8,15-16H2,1-2H3,(H,24,27)(H,25,28)/t18-/m0/s1. The number of hydrogen-bond acceptors (Lipinski definition) is 4. The third kappa shape index (κ3) is 5.71. The van der Waals surface area contributed by atoms with E-state index in [2.05, 4.69) is 10.6 Å². The molecule has 0 bridgehead atoms. The summed E-state index contributed by atoms with van der Waals surface area (Å²) >= 11 is 0. The molecule has 166 valence electrons. The number of piperidine rings is 1. The fraction of sp³-hybridized carbons (Fsp3) is 0.391. The molecule has 7 nitrogen and oxygen atoms in total. The number of anilines is 2. The van der Waals surface area contributed by atoms with Crippen LogP contribution in [-0.4, -0.2) is 37.6 Å². The molecule has 3 rings (SSSR count). The maximum Gasteiger partial charge on any atom is 0.243 e. The van der Waals surface area contributed by atoms with Crippen LogP contribution in [0, 0.1) is 12.8 Å². The van der Waals surface area contributed by atoms with E-state index in [4.69, 9.17) is 0 Å². The van der Waals surface area contributed by atoms with Crippen molar-refractivity contribution in [1.82, 2.24) is 4.31 Å². The molecule has 1 aliphatic heterocycles. The molecule has 31 heavy (non-hydrogen) atoms. The second-order valence-electron chi connectivity index (χ2n) is 7.85. The van der Waals surface area contributed by atoms with Crippen molar-refractivity contribution in [3.8, 4) is 0 Å². The van der Waals surface area contributed by atoms with Gasteiger partial charge < -0.3 is 10.6 Å². The fourth-order valence-electron chi connectivity index (χ4n) is 3.61. The van der Waals surface area contributed by atoms with E-state index >= 15 is 0 Å². The van der Waals surface area contributed by atoms with Gasteiger partial charge >= 0.3 is 0 Å². The Bertz CT molecular complexity index is 1040. The zero-order chi connectivity index (χ0) is 22.4. The Kier molecular flexibility index (Phi) is 7.46. The predicted octanol–water partition coefficient (Wildman–Crippen LogP) is 3.77. The summed E-state index contributed by atoms with van der Waals surface area (Å²) in [5, 5.41) is 5.69. The highest BCUT2D eigenvalue weighted by molar-refractivity contribution is 7.89. The van der Waals surface area contributed by atoms with Gasteiger partial charge in [0, 0.05) is 19.5 Å². The summed E-state index contributed by atoms with van der Waals surface area (Å²) in [6.07, 6.45) is 2.35. The first-order valence-corrected chi connectivity index (χ1v) is 12.0. The molecular formula is C23H29N3O4S. The zero-order valence-corrected chi connectivity index (χ0v) is 18.7. The van der Waals surface area contributed by atoms with Gasteiger partial charge in [-0.3, -0.25) is 9.59 Å². The van der Waals surface area contributed by atoms with E-state index in [1.54, 1.807) is 48.5 Å². The van der Waals surface area contributed by atoms with Crippen LogP contribution in [0.25, 0.3) is 0 Å². The maximum atomic E-state index is 13.0. The van der Waals surface area contributed by atoms with Crippen LogP contribution in [-0.2, 0) is 19.6 Å². The molecule has 2 aromatic rings. The number of aryl methyl sites for hydroxylation is 1. The molecule has 0 aromatic heterocycles. The van der Waals surface area contributed by atoms with Crippen LogP contribution in [0.15, 0.2) is 53.4 Å². The number of rotatable bonds is 7. The van der Waals surface area contributed by atoms with E-state index in [0.717, 1.165) is 12.0 Å². The van der Waals surface area contributed by atoms with Crippen LogP contribution in [0.1, 0.15) is 38.2 Å². The van der Waals surface area contributed by atoms with E-state index < -0.39 is 15.9 Å². The van der Waals surface area contributed by atoms with E-state index in [1.165, 1.54) is 4.31 Å². The highest BCUT2D eigenvalue weighted by Gasteiger charge is 2.33. The quantitative estimate of drug-likeness (QED) is 0.681. The van der Waals surface area contributed by atoms with Gasteiger partial charge in [-0.25, -0.2) is 8.42 Å². The lowest BCUT2D eigenvalue weighted by atomic mass is 9.98. The molecule has 1 heterocycles. The number of nitrogens with one attached hydrogen (secondary N) is 2. The summed E-state index contributed by atoms with van der Waals surface area (Å²) in [6.45, 7) is 4.35. The second kappa shape index (κ2) is 10.1. The van der Waals surface area contributed by atoms with Gasteiger partial charge in [0.1, 0.15) is 0 Å². The number of sulfonamides is 1. The van der Waals surface area contributed by atoms with Gasteiger partial charge in [-0.1, -0.05) is 36.8 Å². The highest BCUT2D eigenvalue weighted by Crippen LogP contribution is 2.27. The number of carbonyl (C=O) groups is 2. The lowest BCUT2D eigenvalue weighted by Crippen LogP contribution is -2.43. The van der Waals surface area contributed by atoms with Gasteiger partial charge in [-0.05, 0) is 50.5 Å². The van der Waals surface area contributed by atoms with Crippen molar-refractivity contribution >= 4 is 33.2 Å². The molecule has 2 amide bonds. The number of benzene rings is 2. The van der Waals surface area contributed by atoms with E-state index in [0.29, 0.717) is 37.2 Å². The highest BCUT2D eigenvalue weighted by atomic mass is 32.2. The van der Waals surface area contributed by atoms with E-state index in [-0.39, 0.29) is 23.3 Å². The monoisotopic (exact) mass is 443 g/mol. The van der Waals surface area contributed by atoms with E-state index in [1.807, 2.05) is 13.8 Å². The predicted molar refractivity (Wildman–Crippen MR) is 121 cm³/mol. The van der Waals surface area contributed by atoms with Gasteiger partial charge in [0.2, 0.25) is 21.8 Å². The fourth-order valence-corrected chi connectivity index (χ4v) is 5.13. The van der Waals surface area contributed by atoms with Crippen molar-refractivity contribution in [3.63, 3.8) is 0 Å². The van der Waals surface area contributed by atoms with Gasteiger partial charge in [-0.2, -0.15) is 4.31 Å². The number of amides is 2. The molecule has 0 aliphatic carbocycles. The minimum absolute atomic E-state index is 0.114. The first-order chi connectivity index (χ1) is 14.8. The van der Waals surface area contributed by atoms with Crippen LogP contribution in [0.2, 0.25) is 0 Å². The van der Waals surface area contributed by atoms with Crippen LogP contribution >= 0.6 is 0 Å². The van der Waals surface area contributed by atoms with Crippen molar-refractivity contribution in [2.45, 2.75) is 44.4 Å². The Balaban J connectivity index is 1.71. The number of para-hydroxylation sites is 2. The SMILES string of the molecule is CCCC(=O)Nc1ccccc1NC(=O)[C@H]1CCCN(S(=O)(=O)c2ccc(C)cc2)C1. The Morgan fingerprint density at radius 3 is 2.32 bits per heavy atom. The second-order valence-corrected chi connectivity index (χ2v) is 9.79. The topological polar surface area (TPSA) is 95.6 Å².